The van der Waals surface area contributed by atoms with E-state index in [0.29, 0.717) is 39.7 Å². The second-order valence-electron chi connectivity index (χ2n) is 6.83. The summed E-state index contributed by atoms with van der Waals surface area (Å²) >= 11 is 0. The van der Waals surface area contributed by atoms with Crippen LogP contribution in [0.25, 0.3) is 10.8 Å². The van der Waals surface area contributed by atoms with Crippen LogP contribution in [0.2, 0.25) is 0 Å². The van der Waals surface area contributed by atoms with Crippen LogP contribution in [0.4, 0.5) is 5.69 Å². The van der Waals surface area contributed by atoms with Gasteiger partial charge in [-0.25, -0.2) is 17.9 Å². The van der Waals surface area contributed by atoms with Crippen molar-refractivity contribution in [3.05, 3.63) is 71.3 Å². The highest BCUT2D eigenvalue weighted by Gasteiger charge is 2.31. The number of methoxy groups -OCH3 is 1. The van der Waals surface area contributed by atoms with Crippen molar-refractivity contribution < 1.29 is 22.7 Å². The third-order valence-electron chi connectivity index (χ3n) is 5.23. The number of anilines is 1. The van der Waals surface area contributed by atoms with E-state index in [0.717, 1.165) is 0 Å². The number of esters is 1. The summed E-state index contributed by atoms with van der Waals surface area (Å²) in [5, 5.41) is 1.13. The van der Waals surface area contributed by atoms with E-state index < -0.39 is 16.0 Å². The second kappa shape index (κ2) is 7.55. The van der Waals surface area contributed by atoms with Gasteiger partial charge >= 0.3 is 5.97 Å². The Hall–Kier alpha value is -3.23. The Morgan fingerprint density at radius 3 is 2.57 bits per heavy atom. The molecule has 0 aliphatic carbocycles. The number of carbonyl (C=O) groups excluding carboxylic acids is 2. The predicted octanol–water partition coefficient (Wildman–Crippen LogP) is 3.09. The van der Waals surface area contributed by atoms with Crippen LogP contribution in [0.3, 0.4) is 0 Å². The monoisotopic (exact) mass is 424 g/mol. The normalized spacial score (nSPS) is 13.1. The van der Waals surface area contributed by atoms with E-state index in [9.17, 15) is 18.0 Å². The van der Waals surface area contributed by atoms with Gasteiger partial charge in [-0.05, 0) is 36.8 Å². The molecule has 1 heterocycles. The molecule has 1 N–H and O–H groups in total. The molecule has 1 aliphatic rings. The van der Waals surface area contributed by atoms with Crippen LogP contribution in [-0.4, -0.2) is 33.9 Å². The minimum Gasteiger partial charge on any atom is -0.465 e. The molecule has 1 aliphatic heterocycles. The average molecular weight is 424 g/mol. The Labute approximate surface area is 174 Å². The lowest BCUT2D eigenvalue weighted by molar-refractivity contribution is 0.0599. The van der Waals surface area contributed by atoms with Crippen molar-refractivity contribution in [2.75, 3.05) is 18.6 Å². The molecule has 3 aromatic carbocycles. The smallest absolute Gasteiger partial charge is 0.338 e. The van der Waals surface area contributed by atoms with Crippen LogP contribution >= 0.6 is 0 Å². The van der Waals surface area contributed by atoms with Crippen LogP contribution in [0.1, 0.15) is 33.2 Å². The lowest BCUT2D eigenvalue weighted by Gasteiger charge is -2.16. The van der Waals surface area contributed by atoms with Gasteiger partial charge in [-0.2, -0.15) is 0 Å². The van der Waals surface area contributed by atoms with Gasteiger partial charge in [0.2, 0.25) is 10.0 Å². The zero-order valence-corrected chi connectivity index (χ0v) is 17.3. The number of rotatable bonds is 6. The van der Waals surface area contributed by atoms with Crippen LogP contribution in [-0.2, 0) is 21.3 Å². The standard InChI is InChI=1S/C22H20N2O5S/c1-3-24-18-11-12-19(16-9-6-10-17(20(16)18)21(24)25)30(27,28)23-13-14-7-4-5-8-15(14)22(26)29-2/h4-12,23H,3,13H2,1-2H3. The minimum atomic E-state index is -3.91. The quantitative estimate of drug-likeness (QED) is 0.614. The van der Waals surface area contributed by atoms with E-state index in [1.165, 1.54) is 13.2 Å². The Bertz CT molecular complexity index is 1280. The largest absolute Gasteiger partial charge is 0.465 e. The first-order valence-corrected chi connectivity index (χ1v) is 10.9. The number of benzene rings is 3. The van der Waals surface area contributed by atoms with E-state index in [1.54, 1.807) is 53.4 Å². The van der Waals surface area contributed by atoms with Crippen molar-refractivity contribution in [2.45, 2.75) is 18.4 Å². The third-order valence-corrected chi connectivity index (χ3v) is 6.69. The van der Waals surface area contributed by atoms with E-state index >= 15 is 0 Å². The summed E-state index contributed by atoms with van der Waals surface area (Å²) in [5.74, 6) is -0.666. The molecule has 0 aromatic heterocycles. The number of amides is 1. The van der Waals surface area contributed by atoms with Crippen LogP contribution in [0.5, 0.6) is 0 Å². The van der Waals surface area contributed by atoms with Crippen LogP contribution in [0.15, 0.2) is 59.5 Å². The zero-order chi connectivity index (χ0) is 21.5. The molecule has 0 unspecified atom stereocenters. The van der Waals surface area contributed by atoms with Gasteiger partial charge in [0.05, 0.1) is 23.3 Å². The molecule has 0 saturated carbocycles. The van der Waals surface area contributed by atoms with Crippen molar-refractivity contribution in [1.82, 2.24) is 4.72 Å². The highest BCUT2D eigenvalue weighted by atomic mass is 32.2. The van der Waals surface area contributed by atoms with Gasteiger partial charge in [-0.3, -0.25) is 4.79 Å². The van der Waals surface area contributed by atoms with Gasteiger partial charge < -0.3 is 9.64 Å². The highest BCUT2D eigenvalue weighted by Crippen LogP contribution is 2.39. The summed E-state index contributed by atoms with van der Waals surface area (Å²) in [6, 6.07) is 14.9. The van der Waals surface area contributed by atoms with Gasteiger partial charge in [-0.1, -0.05) is 30.3 Å². The molecular weight excluding hydrogens is 404 g/mol. The fourth-order valence-electron chi connectivity index (χ4n) is 3.80. The Morgan fingerprint density at radius 1 is 1.07 bits per heavy atom. The van der Waals surface area contributed by atoms with Gasteiger partial charge in [0.25, 0.3) is 5.91 Å². The molecule has 0 fully saturated rings. The van der Waals surface area contributed by atoms with Crippen molar-refractivity contribution in [1.29, 1.82) is 0 Å². The number of hydrogen-bond acceptors (Lipinski definition) is 5. The summed E-state index contributed by atoms with van der Waals surface area (Å²) in [4.78, 5) is 26.3. The predicted molar refractivity (Wildman–Crippen MR) is 113 cm³/mol. The number of carbonyl (C=O) groups is 2. The van der Waals surface area contributed by atoms with E-state index in [4.69, 9.17) is 4.74 Å². The summed E-state index contributed by atoms with van der Waals surface area (Å²) in [7, 11) is -2.64. The molecule has 3 aromatic rings. The lowest BCUT2D eigenvalue weighted by Crippen LogP contribution is -2.26. The molecule has 30 heavy (non-hydrogen) atoms. The maximum Gasteiger partial charge on any atom is 0.338 e. The molecule has 7 nitrogen and oxygen atoms in total. The molecule has 8 heteroatoms. The average Bonchev–Trinajstić information content (AvgIpc) is 3.04. The van der Waals surface area contributed by atoms with Crippen LogP contribution in [0, 0.1) is 0 Å². The fraction of sp³-hybridized carbons (Fsp3) is 0.182. The number of sulfonamides is 1. The second-order valence-corrected chi connectivity index (χ2v) is 8.57. The summed E-state index contributed by atoms with van der Waals surface area (Å²) in [5.41, 5.74) is 2.01. The van der Waals surface area contributed by atoms with Crippen molar-refractivity contribution in [3.63, 3.8) is 0 Å². The number of nitrogens with zero attached hydrogens (tertiary/aromatic N) is 1. The van der Waals surface area contributed by atoms with Gasteiger partial charge in [0.15, 0.2) is 0 Å². The topological polar surface area (TPSA) is 92.8 Å². The molecule has 0 atom stereocenters. The molecular formula is C22H20N2O5S. The van der Waals surface area contributed by atoms with E-state index in [2.05, 4.69) is 4.72 Å². The third kappa shape index (κ3) is 3.14. The van der Waals surface area contributed by atoms with Gasteiger partial charge in [-0.15, -0.1) is 0 Å². The van der Waals surface area contributed by atoms with Crippen molar-refractivity contribution in [3.8, 4) is 0 Å². The Morgan fingerprint density at radius 2 is 1.83 bits per heavy atom. The molecule has 154 valence electrons. The van der Waals surface area contributed by atoms with Crippen molar-refractivity contribution in [2.24, 2.45) is 0 Å². The maximum atomic E-state index is 13.1. The number of nitrogens with one attached hydrogen (secondary N) is 1. The lowest BCUT2D eigenvalue weighted by atomic mass is 10.1. The summed E-state index contributed by atoms with van der Waals surface area (Å²) < 4.78 is 33.6. The molecule has 0 spiro atoms. The molecule has 4 rings (SSSR count). The van der Waals surface area contributed by atoms with Gasteiger partial charge in [0, 0.05) is 29.4 Å². The van der Waals surface area contributed by atoms with E-state index in [1.807, 2.05) is 6.92 Å². The summed E-state index contributed by atoms with van der Waals surface area (Å²) in [6.45, 7) is 2.30. The minimum absolute atomic E-state index is 0.0729. The van der Waals surface area contributed by atoms with Crippen molar-refractivity contribution >= 4 is 38.4 Å². The maximum absolute atomic E-state index is 13.1. The number of ether oxygens (including phenoxy) is 1. The Balaban J connectivity index is 1.73. The first-order chi connectivity index (χ1) is 14.4. The SMILES string of the molecule is CCN1C(=O)c2cccc3c(S(=O)(=O)NCc4ccccc4C(=O)OC)ccc1c23. The summed E-state index contributed by atoms with van der Waals surface area (Å²) in [6.07, 6.45) is 0. The van der Waals surface area contributed by atoms with Crippen LogP contribution < -0.4 is 9.62 Å². The molecule has 0 saturated heterocycles. The van der Waals surface area contributed by atoms with E-state index in [-0.39, 0.29) is 17.3 Å². The highest BCUT2D eigenvalue weighted by molar-refractivity contribution is 7.89. The van der Waals surface area contributed by atoms with Gasteiger partial charge in [0.1, 0.15) is 0 Å². The first-order valence-electron chi connectivity index (χ1n) is 9.42. The first kappa shape index (κ1) is 20.1. The fourth-order valence-corrected chi connectivity index (χ4v) is 5.01. The Kier molecular flexibility index (Phi) is 5.05. The number of hydrogen-bond donors (Lipinski definition) is 1. The molecule has 0 radical (unpaired) electrons. The molecule has 0 bridgehead atoms. The molecule has 1 amide bonds. The zero-order valence-electron chi connectivity index (χ0n) is 16.5.